The summed E-state index contributed by atoms with van der Waals surface area (Å²) in [6.07, 6.45) is -0.238. The quantitative estimate of drug-likeness (QED) is 0.604. The molecule has 0 fully saturated rings. The topological polar surface area (TPSA) is 102 Å². The SMILES string of the molecule is COc1ccc(C(CC(=O)O)NC(=O)CCC(=O)c2cccs2)cc1OC. The number of hydrogen-bond donors (Lipinski definition) is 2. The zero-order valence-corrected chi connectivity index (χ0v) is 15.9. The van der Waals surface area contributed by atoms with Crippen molar-refractivity contribution in [3.05, 3.63) is 46.2 Å². The Balaban J connectivity index is 2.06. The average molecular weight is 391 g/mol. The molecule has 0 bridgehead atoms. The normalized spacial score (nSPS) is 11.5. The summed E-state index contributed by atoms with van der Waals surface area (Å²) in [7, 11) is 2.97. The number of methoxy groups -OCH3 is 2. The van der Waals surface area contributed by atoms with E-state index in [1.54, 1.807) is 35.7 Å². The van der Waals surface area contributed by atoms with Gasteiger partial charge in [0, 0.05) is 12.8 Å². The Morgan fingerprint density at radius 1 is 1.11 bits per heavy atom. The third-order valence-electron chi connectivity index (χ3n) is 3.90. The Morgan fingerprint density at radius 2 is 1.85 bits per heavy atom. The molecule has 144 valence electrons. The summed E-state index contributed by atoms with van der Waals surface area (Å²) in [5, 5.41) is 13.7. The van der Waals surface area contributed by atoms with Gasteiger partial charge in [0.05, 0.1) is 31.6 Å². The summed E-state index contributed by atoms with van der Waals surface area (Å²) in [4.78, 5) is 36.1. The van der Waals surface area contributed by atoms with E-state index in [2.05, 4.69) is 5.32 Å². The average Bonchev–Trinajstić information content (AvgIpc) is 3.19. The maximum atomic E-state index is 12.3. The lowest BCUT2D eigenvalue weighted by Crippen LogP contribution is -2.30. The molecule has 7 nitrogen and oxygen atoms in total. The monoisotopic (exact) mass is 391 g/mol. The minimum absolute atomic E-state index is 0.0137. The van der Waals surface area contributed by atoms with E-state index >= 15 is 0 Å². The van der Waals surface area contributed by atoms with Gasteiger partial charge >= 0.3 is 5.97 Å². The molecule has 0 aliphatic rings. The largest absolute Gasteiger partial charge is 0.493 e. The maximum Gasteiger partial charge on any atom is 0.305 e. The van der Waals surface area contributed by atoms with E-state index < -0.39 is 12.0 Å². The van der Waals surface area contributed by atoms with Gasteiger partial charge in [-0.3, -0.25) is 14.4 Å². The number of carboxylic acids is 1. The van der Waals surface area contributed by atoms with Gasteiger partial charge < -0.3 is 19.9 Å². The van der Waals surface area contributed by atoms with Gasteiger partial charge in [-0.25, -0.2) is 0 Å². The first-order valence-electron chi connectivity index (χ1n) is 8.24. The van der Waals surface area contributed by atoms with E-state index in [1.807, 2.05) is 0 Å². The van der Waals surface area contributed by atoms with Crippen molar-refractivity contribution in [2.24, 2.45) is 0 Å². The van der Waals surface area contributed by atoms with Gasteiger partial charge in [-0.15, -0.1) is 11.3 Å². The van der Waals surface area contributed by atoms with Gasteiger partial charge in [-0.2, -0.15) is 0 Å². The number of benzene rings is 1. The van der Waals surface area contributed by atoms with Gasteiger partial charge in [0.15, 0.2) is 17.3 Å². The van der Waals surface area contributed by atoms with Crippen LogP contribution in [0.3, 0.4) is 0 Å². The van der Waals surface area contributed by atoms with E-state index in [0.717, 1.165) is 0 Å². The molecule has 0 saturated heterocycles. The molecule has 1 aromatic carbocycles. The molecule has 2 rings (SSSR count). The molecule has 1 heterocycles. The third-order valence-corrected chi connectivity index (χ3v) is 4.81. The van der Waals surface area contributed by atoms with Crippen molar-refractivity contribution in [1.82, 2.24) is 5.32 Å². The molecule has 0 aliphatic heterocycles. The van der Waals surface area contributed by atoms with Gasteiger partial charge in [-0.1, -0.05) is 12.1 Å². The van der Waals surface area contributed by atoms with Gasteiger partial charge in [0.2, 0.25) is 5.91 Å². The molecule has 2 N–H and O–H groups in total. The second-order valence-electron chi connectivity index (χ2n) is 5.73. The summed E-state index contributed by atoms with van der Waals surface area (Å²) < 4.78 is 10.4. The number of amides is 1. The highest BCUT2D eigenvalue weighted by Gasteiger charge is 2.20. The Hall–Kier alpha value is -2.87. The first-order chi connectivity index (χ1) is 12.9. The lowest BCUT2D eigenvalue weighted by atomic mass is 10.0. The molecule has 8 heteroatoms. The zero-order chi connectivity index (χ0) is 19.8. The van der Waals surface area contributed by atoms with Gasteiger partial charge in [-0.05, 0) is 29.1 Å². The molecule has 2 aromatic rings. The van der Waals surface area contributed by atoms with Crippen LogP contribution in [0.4, 0.5) is 0 Å². The summed E-state index contributed by atoms with van der Waals surface area (Å²) in [6, 6.07) is 7.69. The fourth-order valence-electron chi connectivity index (χ4n) is 2.55. The number of nitrogens with one attached hydrogen (secondary N) is 1. The second kappa shape index (κ2) is 9.72. The Labute approximate surface area is 160 Å². The van der Waals surface area contributed by atoms with Crippen LogP contribution in [0.5, 0.6) is 11.5 Å². The Bertz CT molecular complexity index is 803. The van der Waals surface area contributed by atoms with Crippen molar-refractivity contribution < 1.29 is 29.0 Å². The molecule has 1 unspecified atom stereocenters. The van der Waals surface area contributed by atoms with Crippen LogP contribution < -0.4 is 14.8 Å². The van der Waals surface area contributed by atoms with Crippen LogP contribution in [-0.2, 0) is 9.59 Å². The van der Waals surface area contributed by atoms with Crippen molar-refractivity contribution in [2.75, 3.05) is 14.2 Å². The van der Waals surface area contributed by atoms with Crippen LogP contribution in [0.25, 0.3) is 0 Å². The maximum absolute atomic E-state index is 12.3. The Morgan fingerprint density at radius 3 is 2.44 bits per heavy atom. The highest BCUT2D eigenvalue weighted by atomic mass is 32.1. The van der Waals surface area contributed by atoms with Crippen LogP contribution in [0.2, 0.25) is 0 Å². The van der Waals surface area contributed by atoms with E-state index in [-0.39, 0.29) is 31.0 Å². The fraction of sp³-hybridized carbons (Fsp3) is 0.316. The molecule has 0 aliphatic carbocycles. The summed E-state index contributed by atoms with van der Waals surface area (Å²) in [5.41, 5.74) is 0.577. The number of rotatable bonds is 10. The number of carbonyl (C=O) groups is 3. The molecular weight excluding hydrogens is 370 g/mol. The summed E-state index contributed by atoms with van der Waals surface area (Å²) >= 11 is 1.32. The highest BCUT2D eigenvalue weighted by molar-refractivity contribution is 7.12. The van der Waals surface area contributed by atoms with Gasteiger partial charge in [0.25, 0.3) is 0 Å². The second-order valence-corrected chi connectivity index (χ2v) is 6.68. The number of ether oxygens (including phenoxy) is 2. The first-order valence-corrected chi connectivity index (χ1v) is 9.12. The summed E-state index contributed by atoms with van der Waals surface area (Å²) in [5.74, 6) is -0.609. The predicted molar refractivity (Wildman–Crippen MR) is 101 cm³/mol. The zero-order valence-electron chi connectivity index (χ0n) is 15.1. The smallest absolute Gasteiger partial charge is 0.305 e. The van der Waals surface area contributed by atoms with Crippen LogP contribution in [0, 0.1) is 0 Å². The molecule has 0 saturated carbocycles. The van der Waals surface area contributed by atoms with Gasteiger partial charge in [0.1, 0.15) is 0 Å². The predicted octanol–water partition coefficient (Wildman–Crippen LogP) is 3.06. The summed E-state index contributed by atoms with van der Waals surface area (Å²) in [6.45, 7) is 0. The number of carbonyl (C=O) groups excluding carboxylic acids is 2. The third kappa shape index (κ3) is 5.82. The first kappa shape index (κ1) is 20.4. The molecule has 1 atom stereocenters. The number of ketones is 1. The lowest BCUT2D eigenvalue weighted by molar-refractivity contribution is -0.137. The molecule has 27 heavy (non-hydrogen) atoms. The lowest BCUT2D eigenvalue weighted by Gasteiger charge is -2.19. The molecular formula is C19H21NO6S. The minimum Gasteiger partial charge on any atom is -0.493 e. The highest BCUT2D eigenvalue weighted by Crippen LogP contribution is 2.31. The molecule has 0 spiro atoms. The number of aliphatic carboxylic acids is 1. The van der Waals surface area contributed by atoms with Crippen molar-refractivity contribution >= 4 is 29.0 Å². The molecule has 0 radical (unpaired) electrons. The molecule has 1 amide bonds. The fourth-order valence-corrected chi connectivity index (χ4v) is 3.24. The van der Waals surface area contributed by atoms with Crippen molar-refractivity contribution in [1.29, 1.82) is 0 Å². The van der Waals surface area contributed by atoms with E-state index in [1.165, 1.54) is 25.6 Å². The minimum atomic E-state index is -1.05. The number of Topliss-reactive ketones (excluding diaryl/α,β-unsaturated/α-hetero) is 1. The van der Waals surface area contributed by atoms with Crippen molar-refractivity contribution in [3.8, 4) is 11.5 Å². The van der Waals surface area contributed by atoms with E-state index in [0.29, 0.717) is 21.9 Å². The van der Waals surface area contributed by atoms with Crippen LogP contribution in [-0.4, -0.2) is 37.0 Å². The van der Waals surface area contributed by atoms with Crippen molar-refractivity contribution in [3.63, 3.8) is 0 Å². The van der Waals surface area contributed by atoms with Crippen LogP contribution >= 0.6 is 11.3 Å². The number of hydrogen-bond acceptors (Lipinski definition) is 6. The number of carboxylic acid groups (broad SMARTS) is 1. The Kier molecular flexibility index (Phi) is 7.36. The van der Waals surface area contributed by atoms with Crippen molar-refractivity contribution in [2.45, 2.75) is 25.3 Å². The van der Waals surface area contributed by atoms with E-state index in [9.17, 15) is 14.4 Å². The van der Waals surface area contributed by atoms with Crippen LogP contribution in [0.1, 0.15) is 40.5 Å². The molecule has 1 aromatic heterocycles. The standard InChI is InChI=1S/C19H21NO6S/c1-25-15-7-5-12(10-16(15)26-2)13(11-19(23)24)20-18(22)8-6-14(21)17-4-3-9-27-17/h3-5,7,9-10,13H,6,8,11H2,1-2H3,(H,20,22)(H,23,24). The number of thiophene rings is 1. The van der Waals surface area contributed by atoms with E-state index in [4.69, 9.17) is 14.6 Å². The van der Waals surface area contributed by atoms with Crippen LogP contribution in [0.15, 0.2) is 35.7 Å².